The summed E-state index contributed by atoms with van der Waals surface area (Å²) < 4.78 is 23.9. The molecule has 32 heavy (non-hydrogen) atoms. The van der Waals surface area contributed by atoms with Crippen LogP contribution in [0.2, 0.25) is 0 Å². The Kier molecular flexibility index (Phi) is 11.0. The van der Waals surface area contributed by atoms with E-state index in [1.807, 2.05) is 25.1 Å². The maximum Gasteiger partial charge on any atom is 0.224 e. The summed E-state index contributed by atoms with van der Waals surface area (Å²) in [6.45, 7) is 4.80. The molecule has 1 amide bonds. The minimum absolute atomic E-state index is 0.115. The van der Waals surface area contributed by atoms with Gasteiger partial charge in [0.1, 0.15) is 11.6 Å². The van der Waals surface area contributed by atoms with Crippen molar-refractivity contribution >= 4 is 11.9 Å². The van der Waals surface area contributed by atoms with Crippen LogP contribution in [0, 0.1) is 12.7 Å². The first-order valence-corrected chi connectivity index (χ1v) is 10.7. The molecule has 0 unspecified atom stereocenters. The maximum atomic E-state index is 12.9. The van der Waals surface area contributed by atoms with Crippen molar-refractivity contribution in [3.05, 3.63) is 65.0 Å². The lowest BCUT2D eigenvalue weighted by atomic mass is 10.1. The zero-order valence-corrected chi connectivity index (χ0v) is 19.0. The van der Waals surface area contributed by atoms with Crippen molar-refractivity contribution in [3.8, 4) is 5.75 Å². The minimum atomic E-state index is -0.312. The molecule has 0 bridgehead atoms. The predicted molar refractivity (Wildman–Crippen MR) is 124 cm³/mol. The standard InChI is InChI=1S/C24H33FN4O3/c1-18-5-8-20(22(15-18)32-14-4-13-31-3)17-29-24(26-2)28-12-11-27-23(30)16-19-6-9-21(25)10-7-19/h5-10,15H,4,11-14,16-17H2,1-3H3,(H,27,30)(H2,26,28,29). The van der Waals surface area contributed by atoms with E-state index in [1.54, 1.807) is 26.3 Å². The Hall–Kier alpha value is -3.13. The van der Waals surface area contributed by atoms with Crippen molar-refractivity contribution in [3.63, 3.8) is 0 Å². The summed E-state index contributed by atoms with van der Waals surface area (Å²) in [5.41, 5.74) is 2.94. The fraction of sp³-hybridized carbons (Fsp3) is 0.417. The smallest absolute Gasteiger partial charge is 0.224 e. The molecule has 2 aromatic carbocycles. The number of methoxy groups -OCH3 is 1. The van der Waals surface area contributed by atoms with E-state index in [0.29, 0.717) is 38.8 Å². The molecule has 0 saturated heterocycles. The third-order valence-corrected chi connectivity index (χ3v) is 4.66. The lowest BCUT2D eigenvalue weighted by molar-refractivity contribution is -0.120. The predicted octanol–water partition coefficient (Wildman–Crippen LogP) is 2.57. The number of aliphatic imine (C=N–C) groups is 1. The van der Waals surface area contributed by atoms with Gasteiger partial charge in [-0.3, -0.25) is 9.79 Å². The van der Waals surface area contributed by atoms with E-state index >= 15 is 0 Å². The molecule has 174 valence electrons. The second kappa shape index (κ2) is 14.0. The number of carbonyl (C=O) groups is 1. The molecular formula is C24H33FN4O3. The molecule has 0 aliphatic heterocycles. The summed E-state index contributed by atoms with van der Waals surface area (Å²) in [5, 5.41) is 9.28. The lowest BCUT2D eigenvalue weighted by Crippen LogP contribution is -2.41. The number of benzene rings is 2. The van der Waals surface area contributed by atoms with Gasteiger partial charge in [-0.1, -0.05) is 24.3 Å². The van der Waals surface area contributed by atoms with Crippen LogP contribution in [0.1, 0.15) is 23.1 Å². The van der Waals surface area contributed by atoms with Crippen LogP contribution in [-0.4, -0.2) is 52.3 Å². The van der Waals surface area contributed by atoms with E-state index in [1.165, 1.54) is 12.1 Å². The molecule has 0 heterocycles. The van der Waals surface area contributed by atoms with Crippen LogP contribution >= 0.6 is 0 Å². The Morgan fingerprint density at radius 1 is 1.03 bits per heavy atom. The average Bonchev–Trinajstić information content (AvgIpc) is 2.79. The van der Waals surface area contributed by atoms with Crippen LogP contribution < -0.4 is 20.7 Å². The molecule has 0 spiro atoms. The molecule has 7 nitrogen and oxygen atoms in total. The zero-order chi connectivity index (χ0) is 23.2. The number of amides is 1. The Bertz CT molecular complexity index is 872. The topological polar surface area (TPSA) is 84.0 Å². The molecular weight excluding hydrogens is 411 g/mol. The van der Waals surface area contributed by atoms with E-state index < -0.39 is 0 Å². The van der Waals surface area contributed by atoms with Crippen molar-refractivity contribution in [2.75, 3.05) is 40.5 Å². The van der Waals surface area contributed by atoms with Crippen LogP contribution in [-0.2, 0) is 22.5 Å². The zero-order valence-electron chi connectivity index (χ0n) is 19.0. The van der Waals surface area contributed by atoms with Gasteiger partial charge in [-0.2, -0.15) is 0 Å². The van der Waals surface area contributed by atoms with E-state index in [-0.39, 0.29) is 18.1 Å². The van der Waals surface area contributed by atoms with E-state index in [0.717, 1.165) is 28.9 Å². The van der Waals surface area contributed by atoms with Crippen LogP contribution in [0.5, 0.6) is 5.75 Å². The maximum absolute atomic E-state index is 12.9. The minimum Gasteiger partial charge on any atom is -0.493 e. The molecule has 2 rings (SSSR count). The molecule has 0 atom stereocenters. The van der Waals surface area contributed by atoms with Crippen molar-refractivity contribution in [1.82, 2.24) is 16.0 Å². The number of rotatable bonds is 12. The second-order valence-electron chi connectivity index (χ2n) is 7.31. The number of ether oxygens (including phenoxy) is 2. The molecule has 2 aromatic rings. The largest absolute Gasteiger partial charge is 0.493 e. The van der Waals surface area contributed by atoms with Crippen molar-refractivity contribution in [1.29, 1.82) is 0 Å². The van der Waals surface area contributed by atoms with Crippen molar-refractivity contribution in [2.24, 2.45) is 4.99 Å². The first-order chi connectivity index (χ1) is 15.5. The fourth-order valence-electron chi connectivity index (χ4n) is 2.96. The summed E-state index contributed by atoms with van der Waals surface area (Å²) in [7, 11) is 3.37. The number of hydrogen-bond acceptors (Lipinski definition) is 4. The van der Waals surface area contributed by atoms with Gasteiger partial charge in [0, 0.05) is 52.4 Å². The van der Waals surface area contributed by atoms with Gasteiger partial charge in [-0.15, -0.1) is 0 Å². The number of aryl methyl sites for hydroxylation is 1. The van der Waals surface area contributed by atoms with Crippen molar-refractivity contribution < 1.29 is 18.7 Å². The third-order valence-electron chi connectivity index (χ3n) is 4.66. The molecule has 0 saturated carbocycles. The number of guanidine groups is 1. The van der Waals surface area contributed by atoms with Gasteiger partial charge in [-0.25, -0.2) is 4.39 Å². The summed E-state index contributed by atoms with van der Waals surface area (Å²) in [4.78, 5) is 16.2. The molecule has 8 heteroatoms. The fourth-order valence-corrected chi connectivity index (χ4v) is 2.96. The van der Waals surface area contributed by atoms with E-state index in [2.05, 4.69) is 20.9 Å². The van der Waals surface area contributed by atoms with Gasteiger partial charge in [0.05, 0.1) is 13.0 Å². The Morgan fingerprint density at radius 2 is 1.78 bits per heavy atom. The van der Waals surface area contributed by atoms with Crippen LogP contribution in [0.4, 0.5) is 4.39 Å². The monoisotopic (exact) mass is 444 g/mol. The summed E-state index contributed by atoms with van der Waals surface area (Å²) in [6.07, 6.45) is 1.04. The SMILES string of the molecule is CN=C(NCCNC(=O)Cc1ccc(F)cc1)NCc1ccc(C)cc1OCCCOC. The first kappa shape index (κ1) is 25.1. The highest BCUT2D eigenvalue weighted by Gasteiger charge is 2.07. The Balaban J connectivity index is 1.73. The molecule has 0 radical (unpaired) electrons. The normalized spacial score (nSPS) is 11.2. The Labute approximate surface area is 189 Å². The van der Waals surface area contributed by atoms with Gasteiger partial charge >= 0.3 is 0 Å². The molecule has 3 N–H and O–H groups in total. The summed E-state index contributed by atoms with van der Waals surface area (Å²) in [5.74, 6) is 1.05. The number of nitrogens with one attached hydrogen (secondary N) is 3. The highest BCUT2D eigenvalue weighted by Crippen LogP contribution is 2.20. The number of hydrogen-bond donors (Lipinski definition) is 3. The summed E-state index contributed by atoms with van der Waals surface area (Å²) >= 11 is 0. The van der Waals surface area contributed by atoms with Gasteiger partial charge in [0.25, 0.3) is 0 Å². The first-order valence-electron chi connectivity index (χ1n) is 10.7. The highest BCUT2D eigenvalue weighted by molar-refractivity contribution is 5.80. The molecule has 0 aromatic heterocycles. The van der Waals surface area contributed by atoms with E-state index in [9.17, 15) is 9.18 Å². The molecule has 0 aliphatic rings. The number of halogens is 1. The van der Waals surface area contributed by atoms with Crippen LogP contribution in [0.25, 0.3) is 0 Å². The highest BCUT2D eigenvalue weighted by atomic mass is 19.1. The van der Waals surface area contributed by atoms with Crippen molar-refractivity contribution in [2.45, 2.75) is 26.3 Å². The van der Waals surface area contributed by atoms with E-state index in [4.69, 9.17) is 9.47 Å². The Morgan fingerprint density at radius 3 is 2.50 bits per heavy atom. The van der Waals surface area contributed by atoms with Gasteiger partial charge in [-0.05, 0) is 36.2 Å². The summed E-state index contributed by atoms with van der Waals surface area (Å²) in [6, 6.07) is 12.0. The number of nitrogens with zero attached hydrogens (tertiary/aromatic N) is 1. The second-order valence-corrected chi connectivity index (χ2v) is 7.31. The third kappa shape index (κ3) is 9.34. The van der Waals surface area contributed by atoms with Gasteiger partial charge in [0.15, 0.2) is 5.96 Å². The quantitative estimate of drug-likeness (QED) is 0.266. The molecule has 0 fully saturated rings. The average molecular weight is 445 g/mol. The van der Waals surface area contributed by atoms with Gasteiger partial charge < -0.3 is 25.4 Å². The number of carbonyl (C=O) groups excluding carboxylic acids is 1. The molecule has 0 aliphatic carbocycles. The van der Waals surface area contributed by atoms with Crippen LogP contribution in [0.15, 0.2) is 47.5 Å². The van der Waals surface area contributed by atoms with Crippen LogP contribution in [0.3, 0.4) is 0 Å². The lowest BCUT2D eigenvalue weighted by Gasteiger charge is -2.16. The van der Waals surface area contributed by atoms with Gasteiger partial charge in [0.2, 0.25) is 5.91 Å².